The Labute approximate surface area is 394 Å². The molecule has 1 heterocycles. The van der Waals surface area contributed by atoms with Gasteiger partial charge in [-0.2, -0.15) is 0 Å². The molecule has 0 aromatic carbocycles. The summed E-state index contributed by atoms with van der Waals surface area (Å²) in [5, 5.41) is 3.28. The lowest BCUT2D eigenvalue weighted by atomic mass is 10.0. The van der Waals surface area contributed by atoms with Crippen LogP contribution in [0.4, 0.5) is 0 Å². The fraction of sp³-hybridized carbons (Fsp3) is 0.932. The van der Waals surface area contributed by atoms with Crippen LogP contribution in [0.25, 0.3) is 0 Å². The quantitative estimate of drug-likeness (QED) is 0.0486. The Hall–Kier alpha value is -0.640. The maximum Gasteiger partial charge on any atom is -0.00183 e. The van der Waals surface area contributed by atoms with Gasteiger partial charge in [-0.15, -0.1) is 0 Å². The van der Waals surface area contributed by atoms with Crippen molar-refractivity contribution in [3.63, 3.8) is 0 Å². The van der Waals surface area contributed by atoms with Crippen LogP contribution >= 0.6 is 0 Å². The van der Waals surface area contributed by atoms with Crippen molar-refractivity contribution in [1.82, 2.24) is 15.1 Å². The summed E-state index contributed by atoms with van der Waals surface area (Å²) in [5.74, 6) is 0. The van der Waals surface area contributed by atoms with Crippen molar-refractivity contribution in [2.24, 2.45) is 0 Å². The molecule has 3 nitrogen and oxygen atoms in total. The minimum absolute atomic E-state index is 1.25. The number of hydrogen-bond donors (Lipinski definition) is 1. The summed E-state index contributed by atoms with van der Waals surface area (Å²) in [6.07, 6.45) is 70.4. The summed E-state index contributed by atoms with van der Waals surface area (Å²) in [7, 11) is 0. The molecule has 3 heteroatoms. The molecule has 0 aromatic rings. The number of unbranched alkanes of at least 4 members (excludes halogenated alkanes) is 27. The van der Waals surface area contributed by atoms with Crippen molar-refractivity contribution in [2.45, 2.75) is 304 Å². The topological polar surface area (TPSA) is 18.5 Å². The monoisotopic (exact) mass is 870 g/mol. The molecule has 0 atom stereocenters. The number of rotatable bonds is 43. The molecule has 1 aliphatic heterocycles. The average Bonchev–Trinajstić information content (AvgIpc) is 3.31. The molecule has 1 saturated carbocycles. The average molecular weight is 871 g/mol. The Bertz CT molecular complexity index is 738. The Morgan fingerprint density at radius 3 is 0.742 bits per heavy atom. The van der Waals surface area contributed by atoms with Crippen LogP contribution < -0.4 is 5.32 Å². The van der Waals surface area contributed by atoms with Crippen molar-refractivity contribution >= 4 is 0 Å². The minimum Gasteiger partial charge on any atom is -0.317 e. The van der Waals surface area contributed by atoms with Crippen LogP contribution in [0.5, 0.6) is 0 Å². The van der Waals surface area contributed by atoms with Crippen molar-refractivity contribution in [3.05, 3.63) is 24.3 Å². The van der Waals surface area contributed by atoms with E-state index in [1.165, 1.54) is 328 Å². The molecule has 0 aromatic heterocycles. The summed E-state index contributed by atoms with van der Waals surface area (Å²) in [4.78, 5) is 5.61. The van der Waals surface area contributed by atoms with Gasteiger partial charge >= 0.3 is 0 Å². The van der Waals surface area contributed by atoms with Gasteiger partial charge in [-0.3, -0.25) is 0 Å². The number of hydrogen-bond acceptors (Lipinski definition) is 3. The Morgan fingerprint density at radius 1 is 0.258 bits per heavy atom. The third-order valence-corrected chi connectivity index (χ3v) is 13.5. The predicted molar refractivity (Wildman–Crippen MR) is 285 cm³/mol. The van der Waals surface area contributed by atoms with Gasteiger partial charge in [-0.1, -0.05) is 225 Å². The van der Waals surface area contributed by atoms with Gasteiger partial charge in [0.25, 0.3) is 0 Å². The van der Waals surface area contributed by atoms with E-state index in [9.17, 15) is 0 Å². The van der Waals surface area contributed by atoms with E-state index in [2.05, 4.69) is 67.1 Å². The molecule has 370 valence electrons. The van der Waals surface area contributed by atoms with E-state index >= 15 is 0 Å². The van der Waals surface area contributed by atoms with Crippen LogP contribution in [-0.4, -0.2) is 62.2 Å². The van der Waals surface area contributed by atoms with Gasteiger partial charge in [-0.25, -0.2) is 0 Å². The van der Waals surface area contributed by atoms with Crippen LogP contribution in [0.1, 0.15) is 304 Å². The predicted octanol–water partition coefficient (Wildman–Crippen LogP) is 19.1. The van der Waals surface area contributed by atoms with Crippen molar-refractivity contribution in [1.29, 1.82) is 0 Å². The van der Waals surface area contributed by atoms with E-state index in [1.807, 2.05) is 0 Å². The summed E-state index contributed by atoms with van der Waals surface area (Å²) < 4.78 is 0. The molecule has 62 heavy (non-hydrogen) atoms. The number of nitrogens with zero attached hydrogens (tertiary/aromatic N) is 2. The first-order valence-electron chi connectivity index (χ1n) is 29.2. The molecule has 1 N–H and O–H groups in total. The summed E-state index contributed by atoms with van der Waals surface area (Å²) in [6.45, 7) is 19.7. The number of piperidine rings is 1. The van der Waals surface area contributed by atoms with Gasteiger partial charge in [0.15, 0.2) is 0 Å². The molecule has 2 rings (SSSR count). The highest BCUT2D eigenvalue weighted by Crippen LogP contribution is 2.16. The lowest BCUT2D eigenvalue weighted by Gasteiger charge is -2.25. The van der Waals surface area contributed by atoms with Crippen LogP contribution in [0, 0.1) is 0 Å². The van der Waals surface area contributed by atoms with E-state index in [4.69, 9.17) is 0 Å². The SMILES string of the molecule is C1CCCCC1.C1CCNCC1.CCCCCCCCC=CCCCCCCCCN(CCCC)CCCCN(CCCC)CCCCCCCCC=CCCCCCCCC. The zero-order valence-electron chi connectivity index (χ0n) is 43.8. The first kappa shape index (κ1) is 61.4. The Kier molecular flexibility index (Phi) is 55.9. The second kappa shape index (κ2) is 56.5. The summed E-state index contributed by atoms with van der Waals surface area (Å²) in [5.41, 5.74) is 0. The van der Waals surface area contributed by atoms with Gasteiger partial charge in [0.05, 0.1) is 0 Å². The van der Waals surface area contributed by atoms with E-state index in [-0.39, 0.29) is 0 Å². The van der Waals surface area contributed by atoms with Gasteiger partial charge < -0.3 is 15.1 Å². The molecule has 0 unspecified atom stereocenters. The smallest absolute Gasteiger partial charge is 0.00183 e. The van der Waals surface area contributed by atoms with E-state index < -0.39 is 0 Å². The fourth-order valence-electron chi connectivity index (χ4n) is 9.13. The third kappa shape index (κ3) is 52.0. The minimum atomic E-state index is 1.25. The first-order valence-corrected chi connectivity index (χ1v) is 29.2. The van der Waals surface area contributed by atoms with E-state index in [0.717, 1.165) is 0 Å². The number of allylic oxidation sites excluding steroid dienone is 4. The van der Waals surface area contributed by atoms with Crippen LogP contribution in [-0.2, 0) is 0 Å². The first-order chi connectivity index (χ1) is 30.8. The zero-order valence-corrected chi connectivity index (χ0v) is 43.8. The normalized spacial score (nSPS) is 14.5. The zero-order chi connectivity index (χ0) is 44.8. The highest BCUT2D eigenvalue weighted by molar-refractivity contribution is 4.82. The van der Waals surface area contributed by atoms with Gasteiger partial charge in [0.2, 0.25) is 0 Å². The van der Waals surface area contributed by atoms with Crippen molar-refractivity contribution in [3.8, 4) is 0 Å². The van der Waals surface area contributed by atoms with E-state index in [1.54, 1.807) is 0 Å². The van der Waals surface area contributed by atoms with Crippen molar-refractivity contribution < 1.29 is 0 Å². The highest BCUT2D eigenvalue weighted by atomic mass is 15.1. The highest BCUT2D eigenvalue weighted by Gasteiger charge is 2.08. The number of nitrogens with one attached hydrogen (secondary N) is 1. The molecule has 0 radical (unpaired) electrons. The second-order valence-corrected chi connectivity index (χ2v) is 19.9. The maximum absolute atomic E-state index is 3.28. The van der Waals surface area contributed by atoms with Crippen molar-refractivity contribution in [2.75, 3.05) is 52.4 Å². The molecule has 0 amide bonds. The van der Waals surface area contributed by atoms with Gasteiger partial charge in [0.1, 0.15) is 0 Å². The summed E-state index contributed by atoms with van der Waals surface area (Å²) >= 11 is 0. The molecule has 0 bridgehead atoms. The maximum atomic E-state index is 3.28. The molecule has 1 aliphatic carbocycles. The Balaban J connectivity index is 0.00000262. The lowest BCUT2D eigenvalue weighted by Crippen LogP contribution is -2.30. The lowest BCUT2D eigenvalue weighted by molar-refractivity contribution is 0.231. The standard InChI is InChI=1S/C48H96N2.C6H12.C5H11N/c1-5-9-13-15-17-19-21-23-25-27-29-31-33-35-37-39-45-49(43-11-7-3)47-41-42-48-50(44-12-8-4)46-40-38-36-34-32-30-28-26-24-22-20-18-16-14-10-6-2;2*1-2-4-6-5-3-1/h23-26H,5-22,27-48H2,1-4H3;1-6H2;6H,1-5H2. The molecule has 1 saturated heterocycles. The molecule has 2 aliphatic rings. The Morgan fingerprint density at radius 2 is 0.484 bits per heavy atom. The largest absolute Gasteiger partial charge is 0.317 e. The molecule has 0 spiro atoms. The van der Waals surface area contributed by atoms with Crippen LogP contribution in [0.3, 0.4) is 0 Å². The van der Waals surface area contributed by atoms with Crippen LogP contribution in [0.15, 0.2) is 24.3 Å². The fourth-order valence-corrected chi connectivity index (χ4v) is 9.13. The van der Waals surface area contributed by atoms with E-state index in [0.29, 0.717) is 0 Å². The summed E-state index contributed by atoms with van der Waals surface area (Å²) in [6, 6.07) is 0. The molecular weight excluding hydrogens is 751 g/mol. The molecule has 2 fully saturated rings. The third-order valence-electron chi connectivity index (χ3n) is 13.5. The second-order valence-electron chi connectivity index (χ2n) is 19.9. The van der Waals surface area contributed by atoms with Gasteiger partial charge in [-0.05, 0) is 155 Å². The molecular formula is C59H119N3. The van der Waals surface area contributed by atoms with Gasteiger partial charge in [0, 0.05) is 0 Å². The van der Waals surface area contributed by atoms with Crippen LogP contribution in [0.2, 0.25) is 0 Å².